The molecule has 0 spiro atoms. The molecule has 1 aromatic heterocycles. The summed E-state index contributed by atoms with van der Waals surface area (Å²) in [4.78, 5) is 26.7. The van der Waals surface area contributed by atoms with Gasteiger partial charge in [0, 0.05) is 30.7 Å². The van der Waals surface area contributed by atoms with Gasteiger partial charge in [0.1, 0.15) is 5.69 Å². The first-order valence-corrected chi connectivity index (χ1v) is 9.52. The molecule has 1 fully saturated rings. The van der Waals surface area contributed by atoms with E-state index in [2.05, 4.69) is 31.4 Å². The van der Waals surface area contributed by atoms with Gasteiger partial charge in [-0.15, -0.1) is 0 Å². The molecule has 0 bridgehead atoms. The molecule has 1 aliphatic carbocycles. The number of H-pyrrole nitrogens is 1. The number of nitrogens with zero attached hydrogens (tertiary/aromatic N) is 2. The number of carbonyl (C=O) groups is 2. The zero-order valence-corrected chi connectivity index (χ0v) is 16.6. The lowest BCUT2D eigenvalue weighted by Crippen LogP contribution is -2.46. The van der Waals surface area contributed by atoms with Crippen molar-refractivity contribution < 1.29 is 9.59 Å². The number of rotatable bonds is 5. The summed E-state index contributed by atoms with van der Waals surface area (Å²) in [7, 11) is 3.53. The smallest absolute Gasteiger partial charge is 0.269 e. The third-order valence-electron chi connectivity index (χ3n) is 4.97. The Hall–Kier alpha value is -2.15. The van der Waals surface area contributed by atoms with Gasteiger partial charge in [0.05, 0.1) is 11.1 Å². The van der Waals surface area contributed by atoms with Crippen LogP contribution in [0.3, 0.4) is 0 Å². The fourth-order valence-corrected chi connectivity index (χ4v) is 3.81. The Balaban J connectivity index is 1.68. The molecule has 2 aromatic rings. The lowest BCUT2D eigenvalue weighted by molar-refractivity contribution is -0.138. The molecule has 6 nitrogen and oxygen atoms in total. The quantitative estimate of drug-likeness (QED) is 0.781. The van der Waals surface area contributed by atoms with Crippen LogP contribution in [-0.2, 0) is 4.79 Å². The summed E-state index contributed by atoms with van der Waals surface area (Å²) in [5.41, 5.74) is 1.56. The Kier molecular flexibility index (Phi) is 5.46. The van der Waals surface area contributed by atoms with Crippen LogP contribution in [0.15, 0.2) is 34.8 Å². The number of aromatic amines is 1. The first kappa shape index (κ1) is 18.6. The molecule has 0 atom stereocenters. The summed E-state index contributed by atoms with van der Waals surface area (Å²) in [6.45, 7) is 0.357. The molecule has 1 heterocycles. The second-order valence-corrected chi connectivity index (χ2v) is 7.96. The van der Waals surface area contributed by atoms with Crippen LogP contribution in [0.1, 0.15) is 36.2 Å². The maximum atomic E-state index is 12.6. The van der Waals surface area contributed by atoms with E-state index in [9.17, 15) is 9.59 Å². The maximum Gasteiger partial charge on any atom is 0.269 e. The standard InChI is InChI=1S/C19H23BrN4O2/c1-24(2)18(26)19(9-3-4-10-19)12-21-17(25)16-11-15(22-23-16)13-5-7-14(20)8-6-13/h5-8,11H,3-4,9-10,12H2,1-2H3,(H,21,25)(H,22,23). The van der Waals surface area contributed by atoms with Gasteiger partial charge in [-0.2, -0.15) is 5.10 Å². The molecule has 1 saturated carbocycles. The van der Waals surface area contributed by atoms with Gasteiger partial charge in [-0.05, 0) is 31.0 Å². The molecule has 0 saturated heterocycles. The van der Waals surface area contributed by atoms with Crippen LogP contribution in [0.2, 0.25) is 0 Å². The van der Waals surface area contributed by atoms with E-state index in [4.69, 9.17) is 0 Å². The van der Waals surface area contributed by atoms with E-state index in [0.29, 0.717) is 17.9 Å². The van der Waals surface area contributed by atoms with Gasteiger partial charge in [0.25, 0.3) is 5.91 Å². The molecular weight excluding hydrogens is 396 g/mol. The highest BCUT2D eigenvalue weighted by molar-refractivity contribution is 9.10. The summed E-state index contributed by atoms with van der Waals surface area (Å²) < 4.78 is 0.988. The highest BCUT2D eigenvalue weighted by atomic mass is 79.9. The molecule has 2 N–H and O–H groups in total. The summed E-state index contributed by atoms with van der Waals surface area (Å²) >= 11 is 3.40. The predicted octanol–water partition coefficient (Wildman–Crippen LogP) is 3.22. The van der Waals surface area contributed by atoms with Crippen LogP contribution >= 0.6 is 15.9 Å². The Labute approximate surface area is 161 Å². The Morgan fingerprint density at radius 1 is 1.23 bits per heavy atom. The number of nitrogens with one attached hydrogen (secondary N) is 2. The fourth-order valence-electron chi connectivity index (χ4n) is 3.54. The highest BCUT2D eigenvalue weighted by Gasteiger charge is 2.42. The Morgan fingerprint density at radius 2 is 1.88 bits per heavy atom. The van der Waals surface area contributed by atoms with Crippen molar-refractivity contribution in [2.45, 2.75) is 25.7 Å². The lowest BCUT2D eigenvalue weighted by atomic mass is 9.84. The SMILES string of the molecule is CN(C)C(=O)C1(CNC(=O)c2cc(-c3ccc(Br)cc3)n[nH]2)CCCC1. The molecule has 0 radical (unpaired) electrons. The van der Waals surface area contributed by atoms with E-state index in [1.165, 1.54) is 0 Å². The van der Waals surface area contributed by atoms with Gasteiger partial charge in [-0.1, -0.05) is 40.9 Å². The molecule has 7 heteroatoms. The van der Waals surface area contributed by atoms with Crippen LogP contribution in [0.5, 0.6) is 0 Å². The molecular formula is C19H23BrN4O2. The topological polar surface area (TPSA) is 78.1 Å². The van der Waals surface area contributed by atoms with Crippen molar-refractivity contribution in [1.82, 2.24) is 20.4 Å². The molecule has 3 rings (SSSR count). The molecule has 138 valence electrons. The summed E-state index contributed by atoms with van der Waals surface area (Å²) in [6, 6.07) is 9.46. The van der Waals surface area contributed by atoms with Gasteiger partial charge in [-0.3, -0.25) is 14.7 Å². The summed E-state index contributed by atoms with van der Waals surface area (Å²) in [5, 5.41) is 9.94. The minimum absolute atomic E-state index is 0.0930. The second-order valence-electron chi connectivity index (χ2n) is 7.04. The van der Waals surface area contributed by atoms with Gasteiger partial charge < -0.3 is 10.2 Å². The van der Waals surface area contributed by atoms with Gasteiger partial charge in [0.2, 0.25) is 5.91 Å². The number of hydrogen-bond donors (Lipinski definition) is 2. The maximum absolute atomic E-state index is 12.6. The summed E-state index contributed by atoms with van der Waals surface area (Å²) in [5.74, 6) is -0.144. The molecule has 1 aliphatic rings. The van der Waals surface area contributed by atoms with E-state index in [0.717, 1.165) is 35.7 Å². The van der Waals surface area contributed by atoms with Crippen LogP contribution in [-0.4, -0.2) is 47.6 Å². The van der Waals surface area contributed by atoms with Crippen molar-refractivity contribution in [2.24, 2.45) is 5.41 Å². The highest BCUT2D eigenvalue weighted by Crippen LogP contribution is 2.39. The monoisotopic (exact) mass is 418 g/mol. The Morgan fingerprint density at radius 3 is 2.50 bits per heavy atom. The van der Waals surface area contributed by atoms with Crippen LogP contribution in [0, 0.1) is 5.41 Å². The average Bonchev–Trinajstić information content (AvgIpc) is 3.30. The Bertz CT molecular complexity index is 792. The average molecular weight is 419 g/mol. The molecule has 0 aliphatic heterocycles. The van der Waals surface area contributed by atoms with Gasteiger partial charge in [0.15, 0.2) is 0 Å². The van der Waals surface area contributed by atoms with E-state index < -0.39 is 5.41 Å². The minimum Gasteiger partial charge on any atom is -0.350 e. The first-order valence-electron chi connectivity index (χ1n) is 8.73. The number of benzene rings is 1. The third-order valence-corrected chi connectivity index (χ3v) is 5.50. The molecule has 2 amide bonds. The molecule has 26 heavy (non-hydrogen) atoms. The third kappa shape index (κ3) is 3.82. The van der Waals surface area contributed by atoms with E-state index in [-0.39, 0.29) is 11.8 Å². The van der Waals surface area contributed by atoms with Crippen LogP contribution in [0.4, 0.5) is 0 Å². The van der Waals surface area contributed by atoms with Gasteiger partial charge in [-0.25, -0.2) is 0 Å². The van der Waals surface area contributed by atoms with E-state index in [1.54, 1.807) is 25.1 Å². The van der Waals surface area contributed by atoms with Crippen molar-refractivity contribution in [2.75, 3.05) is 20.6 Å². The molecule has 0 unspecified atom stereocenters. The number of carbonyl (C=O) groups excluding carboxylic acids is 2. The van der Waals surface area contributed by atoms with E-state index in [1.807, 2.05) is 24.3 Å². The lowest BCUT2D eigenvalue weighted by Gasteiger charge is -2.30. The zero-order valence-electron chi connectivity index (χ0n) is 15.0. The normalized spacial score (nSPS) is 15.7. The number of hydrogen-bond acceptors (Lipinski definition) is 3. The predicted molar refractivity (Wildman–Crippen MR) is 104 cm³/mol. The van der Waals surface area contributed by atoms with Crippen molar-refractivity contribution in [3.63, 3.8) is 0 Å². The second kappa shape index (κ2) is 7.61. The summed E-state index contributed by atoms with van der Waals surface area (Å²) in [6.07, 6.45) is 3.68. The van der Waals surface area contributed by atoms with Crippen molar-refractivity contribution in [1.29, 1.82) is 0 Å². The zero-order chi connectivity index (χ0) is 18.7. The number of amides is 2. The minimum atomic E-state index is -0.478. The van der Waals surface area contributed by atoms with Crippen molar-refractivity contribution in [3.8, 4) is 11.3 Å². The van der Waals surface area contributed by atoms with Crippen molar-refractivity contribution >= 4 is 27.7 Å². The number of halogens is 1. The van der Waals surface area contributed by atoms with Crippen LogP contribution < -0.4 is 5.32 Å². The van der Waals surface area contributed by atoms with E-state index >= 15 is 0 Å². The largest absolute Gasteiger partial charge is 0.350 e. The molecule has 1 aromatic carbocycles. The fraction of sp³-hybridized carbons (Fsp3) is 0.421. The van der Waals surface area contributed by atoms with Gasteiger partial charge >= 0.3 is 0 Å². The first-order chi connectivity index (χ1) is 12.4. The van der Waals surface area contributed by atoms with Crippen LogP contribution in [0.25, 0.3) is 11.3 Å². The van der Waals surface area contributed by atoms with Crippen molar-refractivity contribution in [3.05, 3.63) is 40.5 Å². The number of aromatic nitrogens is 2.